The zero-order valence-electron chi connectivity index (χ0n) is 10.9. The van der Waals surface area contributed by atoms with E-state index in [0.29, 0.717) is 27.1 Å². The van der Waals surface area contributed by atoms with E-state index in [9.17, 15) is 5.11 Å². The number of halogens is 2. The Morgan fingerprint density at radius 1 is 1.00 bits per heavy atom. The molecule has 0 fully saturated rings. The van der Waals surface area contributed by atoms with Crippen LogP contribution in [0.15, 0.2) is 52.9 Å². The lowest BCUT2D eigenvalue weighted by Gasteiger charge is -2.10. The van der Waals surface area contributed by atoms with Gasteiger partial charge in [-0.3, -0.25) is 0 Å². The van der Waals surface area contributed by atoms with E-state index in [1.807, 2.05) is 0 Å². The standard InChI is InChI=1S/C16H12Cl2O3/c17-11-1-4-13(5-2-11)20-9-14(19)16-8-10-7-12(18)3-6-15(10)21-16/h1-8,14,19H,9H2. The summed E-state index contributed by atoms with van der Waals surface area (Å²) in [6.45, 7) is 0.0924. The molecular weight excluding hydrogens is 311 g/mol. The monoisotopic (exact) mass is 322 g/mol. The molecule has 1 unspecified atom stereocenters. The zero-order chi connectivity index (χ0) is 14.8. The van der Waals surface area contributed by atoms with Gasteiger partial charge in [0.15, 0.2) is 0 Å². The molecule has 3 aromatic rings. The Morgan fingerprint density at radius 2 is 1.71 bits per heavy atom. The molecule has 1 aromatic heterocycles. The van der Waals surface area contributed by atoms with Crippen molar-refractivity contribution in [2.45, 2.75) is 6.10 Å². The van der Waals surface area contributed by atoms with Gasteiger partial charge in [0.1, 0.15) is 29.8 Å². The average molecular weight is 323 g/mol. The Bertz CT molecular complexity index is 750. The minimum absolute atomic E-state index is 0.0924. The molecule has 0 amide bonds. The molecular formula is C16H12Cl2O3. The normalized spacial score (nSPS) is 12.5. The third-order valence-electron chi connectivity index (χ3n) is 3.05. The van der Waals surface area contributed by atoms with Crippen LogP contribution in [0.1, 0.15) is 11.9 Å². The second kappa shape index (κ2) is 5.98. The van der Waals surface area contributed by atoms with E-state index in [4.69, 9.17) is 32.4 Å². The van der Waals surface area contributed by atoms with Gasteiger partial charge >= 0.3 is 0 Å². The van der Waals surface area contributed by atoms with Crippen molar-refractivity contribution >= 4 is 34.2 Å². The first-order chi connectivity index (χ1) is 10.1. The summed E-state index contributed by atoms with van der Waals surface area (Å²) in [5.74, 6) is 1.08. The van der Waals surface area contributed by atoms with Crippen molar-refractivity contribution < 1.29 is 14.3 Å². The van der Waals surface area contributed by atoms with Gasteiger partial charge in [-0.25, -0.2) is 0 Å². The van der Waals surface area contributed by atoms with Crippen molar-refractivity contribution in [3.8, 4) is 5.75 Å². The third-order valence-corrected chi connectivity index (χ3v) is 3.53. The maximum atomic E-state index is 10.1. The number of benzene rings is 2. The van der Waals surface area contributed by atoms with E-state index in [1.165, 1.54) is 0 Å². The minimum Gasteiger partial charge on any atom is -0.490 e. The van der Waals surface area contributed by atoms with E-state index < -0.39 is 6.10 Å². The number of hydrogen-bond donors (Lipinski definition) is 1. The van der Waals surface area contributed by atoms with Crippen LogP contribution in [0, 0.1) is 0 Å². The number of ether oxygens (including phenoxy) is 1. The van der Waals surface area contributed by atoms with E-state index >= 15 is 0 Å². The van der Waals surface area contributed by atoms with E-state index in [1.54, 1.807) is 48.5 Å². The summed E-state index contributed by atoms with van der Waals surface area (Å²) < 4.78 is 11.1. The Balaban J connectivity index is 1.71. The summed E-state index contributed by atoms with van der Waals surface area (Å²) in [5.41, 5.74) is 0.681. The molecule has 0 spiro atoms. The predicted octanol–water partition coefficient (Wildman–Crippen LogP) is 4.85. The highest BCUT2D eigenvalue weighted by Crippen LogP contribution is 2.27. The summed E-state index contributed by atoms with van der Waals surface area (Å²) in [4.78, 5) is 0. The van der Waals surface area contributed by atoms with E-state index in [2.05, 4.69) is 0 Å². The van der Waals surface area contributed by atoms with Crippen molar-refractivity contribution in [2.24, 2.45) is 0 Å². The number of hydrogen-bond acceptors (Lipinski definition) is 3. The van der Waals surface area contributed by atoms with Crippen LogP contribution in [0.5, 0.6) is 5.75 Å². The van der Waals surface area contributed by atoms with Gasteiger partial charge in [0.2, 0.25) is 0 Å². The fourth-order valence-corrected chi connectivity index (χ4v) is 2.29. The first-order valence-corrected chi connectivity index (χ1v) is 7.13. The van der Waals surface area contributed by atoms with Crippen LogP contribution < -0.4 is 4.74 Å². The number of aliphatic hydroxyl groups is 1. The maximum Gasteiger partial charge on any atom is 0.145 e. The first-order valence-electron chi connectivity index (χ1n) is 6.37. The lowest BCUT2D eigenvalue weighted by Crippen LogP contribution is -2.08. The molecule has 0 aliphatic rings. The fourth-order valence-electron chi connectivity index (χ4n) is 1.99. The number of aliphatic hydroxyl groups excluding tert-OH is 1. The van der Waals surface area contributed by atoms with Gasteiger partial charge in [-0.15, -0.1) is 0 Å². The highest BCUT2D eigenvalue weighted by molar-refractivity contribution is 6.31. The van der Waals surface area contributed by atoms with Gasteiger partial charge < -0.3 is 14.3 Å². The Morgan fingerprint density at radius 3 is 2.48 bits per heavy atom. The lowest BCUT2D eigenvalue weighted by atomic mass is 10.2. The van der Waals surface area contributed by atoms with Crippen LogP contribution in [0.25, 0.3) is 11.0 Å². The molecule has 108 valence electrons. The molecule has 2 aromatic carbocycles. The van der Waals surface area contributed by atoms with E-state index in [0.717, 1.165) is 5.39 Å². The fraction of sp³-hybridized carbons (Fsp3) is 0.125. The molecule has 0 bridgehead atoms. The minimum atomic E-state index is -0.855. The molecule has 5 heteroatoms. The van der Waals surface area contributed by atoms with Gasteiger partial charge in [0.25, 0.3) is 0 Å². The van der Waals surface area contributed by atoms with Gasteiger partial charge in [-0.05, 0) is 48.5 Å². The second-order valence-electron chi connectivity index (χ2n) is 4.61. The van der Waals surface area contributed by atoms with Gasteiger partial charge in [-0.1, -0.05) is 23.2 Å². The van der Waals surface area contributed by atoms with Gasteiger partial charge in [0, 0.05) is 15.4 Å². The molecule has 0 saturated heterocycles. The predicted molar refractivity (Wildman–Crippen MR) is 83.1 cm³/mol. The van der Waals surface area contributed by atoms with E-state index in [-0.39, 0.29) is 6.61 Å². The maximum absolute atomic E-state index is 10.1. The highest BCUT2D eigenvalue weighted by Gasteiger charge is 2.14. The van der Waals surface area contributed by atoms with Crippen LogP contribution in [-0.4, -0.2) is 11.7 Å². The van der Waals surface area contributed by atoms with Crippen LogP contribution in [-0.2, 0) is 0 Å². The Labute approximate surface area is 131 Å². The van der Waals surface area contributed by atoms with Crippen molar-refractivity contribution in [3.05, 3.63) is 64.3 Å². The Kier molecular flexibility index (Phi) is 4.06. The first kappa shape index (κ1) is 14.3. The molecule has 0 aliphatic heterocycles. The van der Waals surface area contributed by atoms with Crippen molar-refractivity contribution in [3.63, 3.8) is 0 Å². The van der Waals surface area contributed by atoms with Crippen molar-refractivity contribution in [2.75, 3.05) is 6.61 Å². The van der Waals surface area contributed by atoms with Crippen LogP contribution in [0.4, 0.5) is 0 Å². The third kappa shape index (κ3) is 3.32. The van der Waals surface area contributed by atoms with Crippen LogP contribution in [0.3, 0.4) is 0 Å². The molecule has 3 rings (SSSR count). The molecule has 1 N–H and O–H groups in total. The Hall–Kier alpha value is -1.68. The number of furan rings is 1. The summed E-state index contributed by atoms with van der Waals surface area (Å²) >= 11 is 11.7. The highest BCUT2D eigenvalue weighted by atomic mass is 35.5. The average Bonchev–Trinajstić information content (AvgIpc) is 2.89. The SMILES string of the molecule is OC(COc1ccc(Cl)cc1)c1cc2cc(Cl)ccc2o1. The van der Waals surface area contributed by atoms with Gasteiger partial charge in [-0.2, -0.15) is 0 Å². The molecule has 0 aliphatic carbocycles. The quantitative estimate of drug-likeness (QED) is 0.746. The largest absolute Gasteiger partial charge is 0.490 e. The summed E-state index contributed by atoms with van der Waals surface area (Å²) in [5, 5.41) is 12.2. The number of fused-ring (bicyclic) bond motifs is 1. The molecule has 1 heterocycles. The molecule has 21 heavy (non-hydrogen) atoms. The molecule has 0 radical (unpaired) electrons. The zero-order valence-corrected chi connectivity index (χ0v) is 12.4. The van der Waals surface area contributed by atoms with Gasteiger partial charge in [0.05, 0.1) is 0 Å². The summed E-state index contributed by atoms with van der Waals surface area (Å²) in [7, 11) is 0. The number of rotatable bonds is 4. The van der Waals surface area contributed by atoms with Crippen molar-refractivity contribution in [1.82, 2.24) is 0 Å². The van der Waals surface area contributed by atoms with Crippen molar-refractivity contribution in [1.29, 1.82) is 0 Å². The summed E-state index contributed by atoms with van der Waals surface area (Å²) in [6.07, 6.45) is -0.855. The lowest BCUT2D eigenvalue weighted by molar-refractivity contribution is 0.0903. The smallest absolute Gasteiger partial charge is 0.145 e. The van der Waals surface area contributed by atoms with Crippen LogP contribution >= 0.6 is 23.2 Å². The molecule has 3 nitrogen and oxygen atoms in total. The topological polar surface area (TPSA) is 42.6 Å². The molecule has 1 atom stereocenters. The molecule has 0 saturated carbocycles. The summed E-state index contributed by atoms with van der Waals surface area (Å²) in [6, 6.07) is 14.0. The second-order valence-corrected chi connectivity index (χ2v) is 5.48. The van der Waals surface area contributed by atoms with Crippen LogP contribution in [0.2, 0.25) is 10.0 Å².